The molecule has 3 saturated carbocycles. The van der Waals surface area contributed by atoms with Crippen molar-refractivity contribution in [2.24, 2.45) is 0 Å². The summed E-state index contributed by atoms with van der Waals surface area (Å²) in [5.41, 5.74) is 28.3. The zero-order valence-electron chi connectivity index (χ0n) is 71.1. The van der Waals surface area contributed by atoms with Crippen molar-refractivity contribution < 1.29 is 46.1 Å². The summed E-state index contributed by atoms with van der Waals surface area (Å²) in [6.07, 6.45) is 31.2. The molecule has 7 fully saturated rings. The molecule has 10 nitrogen and oxygen atoms in total. The Morgan fingerprint density at radius 3 is 0.965 bits per heavy atom. The number of hydrogen-bond acceptors (Lipinski definition) is 8. The summed E-state index contributed by atoms with van der Waals surface area (Å²) >= 11 is -3.53. The molecular weight excluding hydrogens is 1700 g/mol. The second-order valence-corrected chi connectivity index (χ2v) is 47.6. The topological polar surface area (TPSA) is 72.0 Å². The number of amides is 2. The number of nitrogens with zero attached hydrogens (tertiary/aromatic N) is 6. The molecule has 7 aromatic rings. The van der Waals surface area contributed by atoms with Crippen molar-refractivity contribution in [1.82, 2.24) is 9.80 Å². The minimum atomic E-state index is -1.91. The Morgan fingerprint density at radius 2 is 0.670 bits per heavy atom. The Labute approximate surface area is 722 Å². The first-order valence-electron chi connectivity index (χ1n) is 42.1. The van der Waals surface area contributed by atoms with E-state index in [9.17, 15) is 9.59 Å². The van der Waals surface area contributed by atoms with Crippen molar-refractivity contribution >= 4 is 96.5 Å². The van der Waals surface area contributed by atoms with Crippen molar-refractivity contribution in [1.29, 1.82) is 0 Å². The minimum absolute atomic E-state index is 0. The third kappa shape index (κ3) is 28.6. The van der Waals surface area contributed by atoms with Gasteiger partial charge in [-0.25, -0.2) is 0 Å². The van der Waals surface area contributed by atoms with Crippen molar-refractivity contribution in [2.75, 3.05) is 72.0 Å². The van der Waals surface area contributed by atoms with E-state index in [1.165, 1.54) is 106 Å². The standard InChI is InChI=1S/2C21H27N2.C18H33P.C16H21NO2.C14H17NO2.C7H6.CH4.4ClH.2Ru/c2*1-14-9-16(3)20(17(4)10-14)22-7-8-23(13-22)21-18(5)11-15(2)12-19(21)6;1-4-10-16(11-5-1)19(17-12-6-2-7-13-17)18-14-8-3-9-15-18;1-3-8-14-9-4-5-10-15(14)19-13(2)16(18)17-11-6-7-12-17;1-11-7-3-4-8-13(11)17-12(2)14(16)15-9-5-6-10-15;1-7-5-3-2-4-6-7;;;;;;;/h2*9-13H,7-8H2,1-6H3;16-18H,1-15H2;3-5,8-10,13H,6-7,11-12H2,1-2H3;1,3-4,7-8,12H,5-6,9-10H2,2H3;1-6H;1H4;4*1H;;/q2*-1;;;;;;;;;;2*+2/p-3. The van der Waals surface area contributed by atoms with Gasteiger partial charge in [0.2, 0.25) is 0 Å². The van der Waals surface area contributed by atoms with Crippen molar-refractivity contribution in [3.63, 3.8) is 0 Å². The van der Waals surface area contributed by atoms with Gasteiger partial charge in [-0.15, -0.1) is 0 Å². The summed E-state index contributed by atoms with van der Waals surface area (Å²) in [6, 6.07) is 43.4. The molecule has 7 aliphatic rings. The van der Waals surface area contributed by atoms with Gasteiger partial charge >= 0.3 is 206 Å². The van der Waals surface area contributed by atoms with Crippen LogP contribution in [0.3, 0.4) is 0 Å². The van der Waals surface area contributed by atoms with E-state index >= 15 is 0 Å². The van der Waals surface area contributed by atoms with Gasteiger partial charge in [0, 0.05) is 75.5 Å². The fraction of sp³-hybridized carbons (Fsp3) is 0.490. The van der Waals surface area contributed by atoms with Crippen LogP contribution in [0.4, 0.5) is 22.7 Å². The molecule has 17 heteroatoms. The number of anilines is 4. The number of hydrogen-bond donors (Lipinski definition) is 0. The molecular formula is C98H136Cl4N6O4PRu2-. The van der Waals surface area contributed by atoms with E-state index in [4.69, 9.17) is 48.2 Å². The van der Waals surface area contributed by atoms with Crippen LogP contribution in [0.2, 0.25) is 0 Å². The number of carbonyl (C=O) groups excluding carboxylic acids is 2. The van der Waals surface area contributed by atoms with Crippen molar-refractivity contribution in [2.45, 2.75) is 262 Å². The first-order chi connectivity index (χ1) is 54.8. The normalized spacial score (nSPS) is 17.3. The van der Waals surface area contributed by atoms with Crippen LogP contribution >= 0.6 is 46.7 Å². The van der Waals surface area contributed by atoms with Crippen LogP contribution in [-0.2, 0) is 36.6 Å². The van der Waals surface area contributed by atoms with Crippen molar-refractivity contribution in [3.05, 3.63) is 230 Å². The predicted octanol–water partition coefficient (Wildman–Crippen LogP) is 25.8. The molecule has 0 radical (unpaired) electrons. The second kappa shape index (κ2) is 48.1. The fourth-order valence-electron chi connectivity index (χ4n) is 18.6. The molecule has 632 valence electrons. The van der Waals surface area contributed by atoms with Crippen LogP contribution in [0.1, 0.15) is 234 Å². The number of benzene rings is 7. The van der Waals surface area contributed by atoms with E-state index in [-0.39, 0.29) is 27.2 Å². The zero-order chi connectivity index (χ0) is 82.0. The van der Waals surface area contributed by atoms with Gasteiger partial charge in [-0.3, -0.25) is 4.79 Å². The zero-order valence-corrected chi connectivity index (χ0v) is 78.6. The van der Waals surface area contributed by atoms with E-state index in [1.807, 2.05) is 124 Å². The van der Waals surface area contributed by atoms with Gasteiger partial charge in [-0.1, -0.05) is 128 Å². The molecule has 14 rings (SSSR count). The quantitative estimate of drug-likeness (QED) is 0.0538. The molecule has 0 N–H and O–H groups in total. The maximum absolute atomic E-state index is 12.2. The van der Waals surface area contributed by atoms with Crippen LogP contribution in [0.15, 0.2) is 133 Å². The monoisotopic (exact) mass is 1840 g/mol. The molecule has 4 saturated heterocycles. The van der Waals surface area contributed by atoms with E-state index in [1.54, 1.807) is 103 Å². The average Bonchev–Trinajstić information content (AvgIpc) is 1.67. The first kappa shape index (κ1) is 95.1. The van der Waals surface area contributed by atoms with E-state index in [0.717, 1.165) is 100 Å². The summed E-state index contributed by atoms with van der Waals surface area (Å²) < 4.78 is 15.4. The summed E-state index contributed by atoms with van der Waals surface area (Å²) in [7, 11) is 23.1. The fourth-order valence-corrected chi connectivity index (χ4v) is 27.5. The Hall–Kier alpha value is -5.40. The van der Waals surface area contributed by atoms with Gasteiger partial charge < -0.3 is 29.2 Å². The molecule has 3 aliphatic carbocycles. The molecule has 115 heavy (non-hydrogen) atoms. The molecule has 0 aromatic heterocycles. The molecule has 4 aliphatic heterocycles. The number of likely N-dealkylation sites (tertiary alicyclic amines) is 2. The Morgan fingerprint density at radius 1 is 0.391 bits per heavy atom. The third-order valence-corrected chi connectivity index (χ3v) is 31.4. The molecule has 2 amide bonds. The van der Waals surface area contributed by atoms with Crippen molar-refractivity contribution in [3.8, 4) is 11.5 Å². The summed E-state index contributed by atoms with van der Waals surface area (Å²) in [5.74, 6) is 1.56. The number of rotatable bonds is 16. The number of carbonyl (C=O) groups is 2. The van der Waals surface area contributed by atoms with Crippen LogP contribution < -0.4 is 29.1 Å². The van der Waals surface area contributed by atoms with E-state index in [2.05, 4.69) is 165 Å². The van der Waals surface area contributed by atoms with Crippen LogP contribution in [0, 0.1) is 96.4 Å². The first-order valence-corrected chi connectivity index (χ1v) is 54.8. The Balaban J connectivity index is 0.000000174. The van der Waals surface area contributed by atoms with Gasteiger partial charge in [-0.2, -0.15) is 13.3 Å². The molecule has 4 heterocycles. The van der Waals surface area contributed by atoms with Crippen LogP contribution in [0.25, 0.3) is 6.08 Å². The van der Waals surface area contributed by atoms with Crippen LogP contribution in [0.5, 0.6) is 11.5 Å². The number of ether oxygens (including phenoxy) is 2. The predicted molar refractivity (Wildman–Crippen MR) is 496 cm³/mol. The van der Waals surface area contributed by atoms with Crippen LogP contribution in [-0.4, -0.2) is 112 Å². The number of allylic oxidation sites excluding steroid dienone is 1. The second-order valence-electron chi connectivity index (χ2n) is 32.7. The maximum atomic E-state index is 12.2. The van der Waals surface area contributed by atoms with Gasteiger partial charge in [0.15, 0.2) is 6.10 Å². The average molecular weight is 1840 g/mol. The number of halogens is 4. The number of aryl methyl sites for hydroxylation is 12. The molecule has 0 bridgehead atoms. The Bertz CT molecular complexity index is 3940. The summed E-state index contributed by atoms with van der Waals surface area (Å²) in [5, 5.41) is 0. The van der Waals surface area contributed by atoms with Gasteiger partial charge in [0.25, 0.3) is 5.91 Å². The van der Waals surface area contributed by atoms with E-state index in [0.29, 0.717) is 5.75 Å². The third-order valence-electron chi connectivity index (χ3n) is 23.1. The summed E-state index contributed by atoms with van der Waals surface area (Å²) in [6.45, 7) is 44.1. The Kier molecular flexibility index (Phi) is 39.8. The SMILES string of the molecule is C.C1CCC([PH+](C2CCCCC2)C2CCCCC2)CC1.CC(Oc1ccccc1[CH]=[Ru]([Cl])[Cl])C(=O)N1CCCC1.CC=Cc1ccccc1OC(C)C(=O)N1CCCC1.Cc1cc(C)c(N2[CH-]N(c3c(C)cc(C)cc3C)CC2)c(C)c1.Cc1cc(C)c(N2[CH-]N(c3c(C)cc(C)cc3C)CC2)c(C)c1.[Cl][Ru]([Cl])=[CH]c1ccccc1. The van der Waals surface area contributed by atoms with Gasteiger partial charge in [0.05, 0.1) is 17.0 Å². The summed E-state index contributed by atoms with van der Waals surface area (Å²) in [4.78, 5) is 37.8. The van der Waals surface area contributed by atoms with E-state index < -0.39 is 39.2 Å². The van der Waals surface area contributed by atoms with Gasteiger partial charge in [0.1, 0.15) is 5.75 Å². The van der Waals surface area contributed by atoms with Gasteiger partial charge in [-0.05, 0) is 237 Å². The molecule has 0 spiro atoms. The number of para-hydroxylation sites is 2. The molecule has 7 aromatic carbocycles. The molecule has 2 atom stereocenters. The molecule has 2 unspecified atom stereocenters.